The lowest BCUT2D eigenvalue weighted by Crippen LogP contribution is -2.26. The zero-order valence-electron chi connectivity index (χ0n) is 18.9. The fourth-order valence-electron chi connectivity index (χ4n) is 3.77. The van der Waals surface area contributed by atoms with Crippen molar-refractivity contribution in [1.29, 1.82) is 0 Å². The van der Waals surface area contributed by atoms with E-state index in [4.69, 9.17) is 0 Å². The summed E-state index contributed by atoms with van der Waals surface area (Å²) in [5.74, 6) is 1.03. The summed E-state index contributed by atoms with van der Waals surface area (Å²) in [7, 11) is 0. The maximum absolute atomic E-state index is 10.6. The summed E-state index contributed by atoms with van der Waals surface area (Å²) in [6.45, 7) is 21.7. The van der Waals surface area contributed by atoms with Crippen LogP contribution in [0, 0.1) is 21.7 Å². The molecular weight excluding hydrogens is 352 g/mol. The Hall–Kier alpha value is -1.09. The highest BCUT2D eigenvalue weighted by Crippen LogP contribution is 2.55. The molecule has 0 bridgehead atoms. The number of thioether (sulfide) groups is 1. The third-order valence-corrected chi connectivity index (χ3v) is 7.34. The average molecular weight is 391 g/mol. The van der Waals surface area contributed by atoms with Crippen LogP contribution < -0.4 is 0 Å². The molecule has 2 N–H and O–H groups in total. The molecule has 0 saturated carbocycles. The second-order valence-electron chi connectivity index (χ2n) is 11.5. The molecule has 0 unspecified atom stereocenters. The Bertz CT molecular complexity index is 680. The molecule has 0 fully saturated rings. The molecule has 0 aromatic rings. The molecule has 0 atom stereocenters. The van der Waals surface area contributed by atoms with Crippen LogP contribution in [0.15, 0.2) is 44.6 Å². The molecule has 0 saturated heterocycles. The average Bonchev–Trinajstić information content (AvgIpc) is 2.39. The Labute approximate surface area is 170 Å². The SMILES string of the molecule is CC(C)(C)C1=C(O)CC(C)(C)C(SC2=CC(C(C)(C)C)=C(O)CC2(C)C)=C1. The number of hydrogen-bond acceptors (Lipinski definition) is 3. The smallest absolute Gasteiger partial charge is 0.0968 e. The molecule has 0 aromatic heterocycles. The zero-order chi connectivity index (χ0) is 21.0. The van der Waals surface area contributed by atoms with Crippen molar-refractivity contribution in [2.24, 2.45) is 21.7 Å². The topological polar surface area (TPSA) is 40.5 Å². The number of aliphatic hydroxyl groups is 2. The van der Waals surface area contributed by atoms with Crippen molar-refractivity contribution in [3.8, 4) is 0 Å². The first-order valence-corrected chi connectivity index (χ1v) is 10.7. The minimum Gasteiger partial charge on any atom is -0.512 e. The number of aliphatic hydroxyl groups excluding tert-OH is 2. The second kappa shape index (κ2) is 6.76. The van der Waals surface area contributed by atoms with Crippen LogP contribution in [-0.4, -0.2) is 10.2 Å². The Morgan fingerprint density at radius 1 is 0.704 bits per heavy atom. The van der Waals surface area contributed by atoms with Crippen LogP contribution in [0.1, 0.15) is 82.1 Å². The van der Waals surface area contributed by atoms with Crippen molar-refractivity contribution in [2.45, 2.75) is 82.1 Å². The molecule has 2 nitrogen and oxygen atoms in total. The molecule has 152 valence electrons. The van der Waals surface area contributed by atoms with Crippen LogP contribution in [0.3, 0.4) is 0 Å². The normalized spacial score (nSPS) is 23.3. The minimum atomic E-state index is -0.106. The highest BCUT2D eigenvalue weighted by Gasteiger charge is 2.39. The zero-order valence-corrected chi connectivity index (χ0v) is 19.7. The van der Waals surface area contributed by atoms with Crippen LogP contribution in [0.5, 0.6) is 0 Å². The van der Waals surface area contributed by atoms with Crippen molar-refractivity contribution >= 4 is 11.8 Å². The van der Waals surface area contributed by atoms with Crippen molar-refractivity contribution in [1.82, 2.24) is 0 Å². The Balaban J connectivity index is 2.52. The van der Waals surface area contributed by atoms with E-state index in [-0.39, 0.29) is 21.7 Å². The maximum Gasteiger partial charge on any atom is 0.0968 e. The summed E-state index contributed by atoms with van der Waals surface area (Å²) in [5, 5.41) is 21.2. The summed E-state index contributed by atoms with van der Waals surface area (Å²) >= 11 is 1.83. The van der Waals surface area contributed by atoms with E-state index in [0.717, 1.165) is 11.1 Å². The molecule has 0 radical (unpaired) electrons. The molecule has 3 heteroatoms. The quantitative estimate of drug-likeness (QED) is 0.501. The first kappa shape index (κ1) is 22.2. The molecule has 0 heterocycles. The first-order valence-electron chi connectivity index (χ1n) is 9.92. The Morgan fingerprint density at radius 2 is 1.00 bits per heavy atom. The summed E-state index contributed by atoms with van der Waals surface area (Å²) in [4.78, 5) is 2.58. The fourth-order valence-corrected chi connectivity index (χ4v) is 5.06. The highest BCUT2D eigenvalue weighted by atomic mass is 32.2. The monoisotopic (exact) mass is 390 g/mol. The summed E-state index contributed by atoms with van der Waals surface area (Å²) in [5.41, 5.74) is 1.69. The predicted octanol–water partition coefficient (Wildman–Crippen LogP) is 8.06. The van der Waals surface area contributed by atoms with Gasteiger partial charge in [0.1, 0.15) is 0 Å². The van der Waals surface area contributed by atoms with Gasteiger partial charge in [-0.05, 0) is 43.9 Å². The third-order valence-electron chi connectivity index (χ3n) is 5.56. The van der Waals surface area contributed by atoms with Crippen LogP contribution in [-0.2, 0) is 0 Å². The highest BCUT2D eigenvalue weighted by molar-refractivity contribution is 8.06. The number of hydrogen-bond donors (Lipinski definition) is 2. The van der Waals surface area contributed by atoms with Crippen molar-refractivity contribution in [3.63, 3.8) is 0 Å². The van der Waals surface area contributed by atoms with E-state index in [9.17, 15) is 10.2 Å². The lowest BCUT2D eigenvalue weighted by Gasteiger charge is -2.40. The number of allylic oxidation sites excluding steroid dienone is 8. The number of rotatable bonds is 2. The molecule has 0 aliphatic heterocycles. The van der Waals surface area contributed by atoms with Gasteiger partial charge < -0.3 is 10.2 Å². The van der Waals surface area contributed by atoms with Gasteiger partial charge in [0.15, 0.2) is 0 Å². The van der Waals surface area contributed by atoms with Gasteiger partial charge in [-0.2, -0.15) is 0 Å². The van der Waals surface area contributed by atoms with Gasteiger partial charge in [-0.15, -0.1) is 0 Å². The lowest BCUT2D eigenvalue weighted by molar-refractivity contribution is 0.296. The van der Waals surface area contributed by atoms with E-state index in [2.05, 4.69) is 81.4 Å². The molecular formula is C24H38O2S. The predicted molar refractivity (Wildman–Crippen MR) is 119 cm³/mol. The van der Waals surface area contributed by atoms with Crippen molar-refractivity contribution < 1.29 is 10.2 Å². The molecule has 27 heavy (non-hydrogen) atoms. The third kappa shape index (κ3) is 4.67. The molecule has 2 aliphatic carbocycles. The summed E-state index contributed by atoms with van der Waals surface area (Å²) < 4.78 is 0. The second-order valence-corrected chi connectivity index (χ2v) is 12.5. The lowest BCUT2D eigenvalue weighted by atomic mass is 9.75. The van der Waals surface area contributed by atoms with Crippen LogP contribution >= 0.6 is 11.8 Å². The first-order chi connectivity index (χ1) is 11.9. The van der Waals surface area contributed by atoms with Gasteiger partial charge in [0.25, 0.3) is 0 Å². The van der Waals surface area contributed by atoms with Gasteiger partial charge in [0.05, 0.1) is 11.5 Å². The van der Waals surface area contributed by atoms with Crippen LogP contribution in [0.25, 0.3) is 0 Å². The molecule has 0 amide bonds. The van der Waals surface area contributed by atoms with Crippen molar-refractivity contribution in [3.05, 3.63) is 44.6 Å². The van der Waals surface area contributed by atoms with Crippen molar-refractivity contribution in [2.75, 3.05) is 0 Å². The van der Waals surface area contributed by atoms with E-state index in [1.54, 1.807) is 0 Å². The largest absolute Gasteiger partial charge is 0.512 e. The molecule has 2 rings (SSSR count). The fraction of sp³-hybridized carbons (Fsp3) is 0.667. The van der Waals surface area contributed by atoms with E-state index in [1.807, 2.05) is 11.8 Å². The van der Waals surface area contributed by atoms with Gasteiger partial charge in [-0.25, -0.2) is 0 Å². The Morgan fingerprint density at radius 3 is 1.26 bits per heavy atom. The maximum atomic E-state index is 10.6. The van der Waals surface area contributed by atoms with Gasteiger partial charge in [0, 0.05) is 23.7 Å². The van der Waals surface area contributed by atoms with Gasteiger partial charge >= 0.3 is 0 Å². The van der Waals surface area contributed by atoms with E-state index in [0.29, 0.717) is 24.4 Å². The molecule has 0 aromatic carbocycles. The molecule has 2 aliphatic rings. The van der Waals surface area contributed by atoms with Crippen LogP contribution in [0.2, 0.25) is 0 Å². The summed E-state index contributed by atoms with van der Waals surface area (Å²) in [6.07, 6.45) is 5.74. The Kier molecular flexibility index (Phi) is 5.56. The van der Waals surface area contributed by atoms with E-state index < -0.39 is 0 Å². The standard InChI is InChI=1S/C24H38O2S/c1-21(2,3)15-11-19(23(7,8)13-17(15)25)27-20-12-16(22(4,5)6)18(26)14-24(20,9)10/h11-12,25-26H,13-14H2,1-10H3. The van der Waals surface area contributed by atoms with Gasteiger partial charge in [0.2, 0.25) is 0 Å². The summed E-state index contributed by atoms with van der Waals surface area (Å²) in [6, 6.07) is 0. The minimum absolute atomic E-state index is 0.0857. The van der Waals surface area contributed by atoms with Gasteiger partial charge in [-0.1, -0.05) is 81.0 Å². The van der Waals surface area contributed by atoms with E-state index >= 15 is 0 Å². The van der Waals surface area contributed by atoms with E-state index in [1.165, 1.54) is 9.81 Å². The molecule has 0 spiro atoms. The van der Waals surface area contributed by atoms with Crippen LogP contribution in [0.4, 0.5) is 0 Å². The van der Waals surface area contributed by atoms with Gasteiger partial charge in [-0.3, -0.25) is 0 Å².